The minimum atomic E-state index is -0.254. The second-order valence-electron chi connectivity index (χ2n) is 9.35. The van der Waals surface area contributed by atoms with Gasteiger partial charge in [0.2, 0.25) is 5.91 Å². The second-order valence-corrected chi connectivity index (χ2v) is 9.35. The number of amides is 1. The molecule has 2 aromatic rings. The first-order chi connectivity index (χ1) is 17.1. The van der Waals surface area contributed by atoms with Crippen LogP contribution in [0.5, 0.6) is 23.1 Å². The highest BCUT2D eigenvalue weighted by Gasteiger charge is 2.34. The standard InChI is InChI=1S/C26H33N3O6/c1-32-24-13-18(15-27-25(24)33-2)29-11-12-34-23-8-7-20(14-22(23)29)35-21-9-10-28(16-21)26(31)17-3-5-19(30)6-4-17/h7-8,13-15,17,19,21,30H,3-6,9-12,16H2,1-2H3/t17-,19-,21-/m0/s1. The maximum atomic E-state index is 12.9. The fraction of sp³-hybridized carbons (Fsp3) is 0.538. The van der Waals surface area contributed by atoms with Crippen LogP contribution in [-0.2, 0) is 4.79 Å². The van der Waals surface area contributed by atoms with Crippen molar-refractivity contribution in [2.24, 2.45) is 5.92 Å². The lowest BCUT2D eigenvalue weighted by atomic mass is 9.86. The fourth-order valence-electron chi connectivity index (χ4n) is 5.21. The van der Waals surface area contributed by atoms with Crippen molar-refractivity contribution in [2.45, 2.75) is 44.3 Å². The number of ether oxygens (including phenoxy) is 4. The largest absolute Gasteiger partial charge is 0.491 e. The quantitative estimate of drug-likeness (QED) is 0.670. The summed E-state index contributed by atoms with van der Waals surface area (Å²) in [5, 5.41) is 9.73. The molecule has 3 heterocycles. The number of rotatable bonds is 6. The second kappa shape index (κ2) is 10.2. The third kappa shape index (κ3) is 4.96. The van der Waals surface area contributed by atoms with Crippen molar-refractivity contribution in [2.75, 3.05) is 45.4 Å². The summed E-state index contributed by atoms with van der Waals surface area (Å²) < 4.78 is 22.9. The van der Waals surface area contributed by atoms with Crippen LogP contribution in [0.15, 0.2) is 30.5 Å². The molecule has 0 bridgehead atoms. The lowest BCUT2D eigenvalue weighted by Crippen LogP contribution is -2.37. The topological polar surface area (TPSA) is 93.6 Å². The van der Waals surface area contributed by atoms with Gasteiger partial charge in [-0.15, -0.1) is 0 Å². The molecule has 9 nitrogen and oxygen atoms in total. The highest BCUT2D eigenvalue weighted by atomic mass is 16.5. The zero-order valence-corrected chi connectivity index (χ0v) is 20.3. The Morgan fingerprint density at radius 3 is 2.69 bits per heavy atom. The summed E-state index contributed by atoms with van der Waals surface area (Å²) in [6.45, 7) is 2.52. The van der Waals surface area contributed by atoms with Gasteiger partial charge in [-0.2, -0.15) is 0 Å². The Morgan fingerprint density at radius 1 is 1.09 bits per heavy atom. The normalized spacial score (nSPS) is 23.9. The van der Waals surface area contributed by atoms with Crippen molar-refractivity contribution in [3.63, 3.8) is 0 Å². The number of carbonyl (C=O) groups is 1. The molecule has 1 aliphatic carbocycles. The average molecular weight is 484 g/mol. The molecule has 1 atom stereocenters. The number of carbonyl (C=O) groups excluding carboxylic acids is 1. The van der Waals surface area contributed by atoms with Gasteiger partial charge in [-0.05, 0) is 37.8 Å². The molecule has 1 amide bonds. The molecule has 0 radical (unpaired) electrons. The van der Waals surface area contributed by atoms with E-state index in [1.54, 1.807) is 20.4 Å². The molecule has 0 unspecified atom stereocenters. The Balaban J connectivity index is 1.28. The fourth-order valence-corrected chi connectivity index (χ4v) is 5.21. The molecule has 9 heteroatoms. The molecule has 2 fully saturated rings. The molecule has 2 aliphatic heterocycles. The lowest BCUT2D eigenvalue weighted by Gasteiger charge is -2.32. The van der Waals surface area contributed by atoms with Gasteiger partial charge in [0.25, 0.3) is 5.88 Å². The van der Waals surface area contributed by atoms with Gasteiger partial charge in [0.05, 0.1) is 51.0 Å². The number of benzene rings is 1. The number of nitrogens with zero attached hydrogens (tertiary/aromatic N) is 3. The van der Waals surface area contributed by atoms with Crippen molar-refractivity contribution < 1.29 is 28.8 Å². The number of aliphatic hydroxyl groups is 1. The number of anilines is 2. The third-order valence-corrected chi connectivity index (χ3v) is 7.13. The number of aliphatic hydroxyl groups excluding tert-OH is 1. The number of hydrogen-bond acceptors (Lipinski definition) is 8. The minimum absolute atomic E-state index is 0.0294. The number of methoxy groups -OCH3 is 2. The van der Waals surface area contributed by atoms with E-state index in [0.717, 1.165) is 42.1 Å². The summed E-state index contributed by atoms with van der Waals surface area (Å²) >= 11 is 0. The molecular formula is C26H33N3O6. The molecule has 1 saturated carbocycles. The van der Waals surface area contributed by atoms with E-state index in [1.165, 1.54) is 0 Å². The average Bonchev–Trinajstić information content (AvgIpc) is 3.36. The summed E-state index contributed by atoms with van der Waals surface area (Å²) in [5.74, 6) is 2.75. The van der Waals surface area contributed by atoms with Gasteiger partial charge in [0, 0.05) is 31.0 Å². The van der Waals surface area contributed by atoms with Crippen molar-refractivity contribution in [3.8, 4) is 23.1 Å². The Bertz CT molecular complexity index is 1060. The van der Waals surface area contributed by atoms with Crippen LogP contribution in [0.2, 0.25) is 0 Å². The van der Waals surface area contributed by atoms with Crippen molar-refractivity contribution >= 4 is 17.3 Å². The predicted octanol–water partition coefficient (Wildman–Crippen LogP) is 3.16. The van der Waals surface area contributed by atoms with Gasteiger partial charge in [0.15, 0.2) is 5.75 Å². The zero-order chi connectivity index (χ0) is 24.4. The summed E-state index contributed by atoms with van der Waals surface area (Å²) in [5.41, 5.74) is 1.77. The van der Waals surface area contributed by atoms with E-state index in [-0.39, 0.29) is 24.0 Å². The van der Waals surface area contributed by atoms with E-state index >= 15 is 0 Å². The van der Waals surface area contributed by atoms with Gasteiger partial charge in [-0.1, -0.05) is 0 Å². The Kier molecular flexibility index (Phi) is 6.86. The molecule has 5 rings (SSSR count). The maximum Gasteiger partial charge on any atom is 0.256 e. The van der Waals surface area contributed by atoms with Crippen LogP contribution >= 0.6 is 0 Å². The van der Waals surface area contributed by atoms with Crippen LogP contribution < -0.4 is 23.8 Å². The number of hydrogen-bond donors (Lipinski definition) is 1. The van der Waals surface area contributed by atoms with Crippen LogP contribution in [0.4, 0.5) is 11.4 Å². The van der Waals surface area contributed by atoms with Crippen LogP contribution in [-0.4, -0.2) is 73.6 Å². The lowest BCUT2D eigenvalue weighted by molar-refractivity contribution is -0.136. The minimum Gasteiger partial charge on any atom is -0.491 e. The molecule has 35 heavy (non-hydrogen) atoms. The van der Waals surface area contributed by atoms with E-state index in [1.807, 2.05) is 29.2 Å². The Morgan fingerprint density at radius 2 is 1.91 bits per heavy atom. The van der Waals surface area contributed by atoms with Gasteiger partial charge in [0.1, 0.15) is 24.2 Å². The Hall–Kier alpha value is -3.20. The van der Waals surface area contributed by atoms with Crippen LogP contribution in [0.1, 0.15) is 32.1 Å². The van der Waals surface area contributed by atoms with Gasteiger partial charge in [-0.25, -0.2) is 4.98 Å². The monoisotopic (exact) mass is 483 g/mol. The molecule has 1 N–H and O–H groups in total. The summed E-state index contributed by atoms with van der Waals surface area (Å²) in [6.07, 6.45) is 5.23. The summed E-state index contributed by atoms with van der Waals surface area (Å²) in [4.78, 5) is 21.4. The third-order valence-electron chi connectivity index (χ3n) is 7.13. The van der Waals surface area contributed by atoms with E-state index in [4.69, 9.17) is 18.9 Å². The Labute approximate surface area is 205 Å². The van der Waals surface area contributed by atoms with E-state index in [9.17, 15) is 9.90 Å². The van der Waals surface area contributed by atoms with Gasteiger partial charge in [-0.3, -0.25) is 4.79 Å². The molecule has 3 aliphatic rings. The first kappa shape index (κ1) is 23.5. The number of pyridine rings is 1. The smallest absolute Gasteiger partial charge is 0.256 e. The van der Waals surface area contributed by atoms with Crippen molar-refractivity contribution in [1.29, 1.82) is 0 Å². The first-order valence-electron chi connectivity index (χ1n) is 12.3. The summed E-state index contributed by atoms with van der Waals surface area (Å²) in [7, 11) is 3.16. The SMILES string of the molecule is COc1cc(N2CCOc3ccc(O[C@H]4CCN(C(=O)[C@H]5CC[C@H](O)CC5)C4)cc32)cnc1OC. The molecule has 1 saturated heterocycles. The molecule has 188 valence electrons. The van der Waals surface area contributed by atoms with Crippen molar-refractivity contribution in [1.82, 2.24) is 9.88 Å². The molecular weight excluding hydrogens is 450 g/mol. The van der Waals surface area contributed by atoms with Gasteiger partial charge >= 0.3 is 0 Å². The molecule has 0 spiro atoms. The zero-order valence-electron chi connectivity index (χ0n) is 20.3. The van der Waals surface area contributed by atoms with Crippen LogP contribution in [0.25, 0.3) is 0 Å². The van der Waals surface area contributed by atoms with E-state index < -0.39 is 0 Å². The number of likely N-dealkylation sites (tertiary alicyclic amines) is 1. The predicted molar refractivity (Wildman–Crippen MR) is 130 cm³/mol. The number of fused-ring (bicyclic) bond motifs is 1. The van der Waals surface area contributed by atoms with Crippen LogP contribution in [0, 0.1) is 5.92 Å². The van der Waals surface area contributed by atoms with E-state index in [2.05, 4.69) is 9.88 Å². The molecule has 1 aromatic heterocycles. The maximum absolute atomic E-state index is 12.9. The van der Waals surface area contributed by atoms with Gasteiger partial charge < -0.3 is 33.9 Å². The van der Waals surface area contributed by atoms with Crippen LogP contribution in [0.3, 0.4) is 0 Å². The highest BCUT2D eigenvalue weighted by molar-refractivity contribution is 5.79. The summed E-state index contributed by atoms with van der Waals surface area (Å²) in [6, 6.07) is 7.73. The molecule has 1 aromatic carbocycles. The van der Waals surface area contributed by atoms with E-state index in [0.29, 0.717) is 50.7 Å². The number of aromatic nitrogens is 1. The van der Waals surface area contributed by atoms with Crippen molar-refractivity contribution in [3.05, 3.63) is 30.5 Å². The highest BCUT2D eigenvalue weighted by Crippen LogP contribution is 2.41. The first-order valence-corrected chi connectivity index (χ1v) is 12.3.